The fraction of sp³-hybridized carbons (Fsp3) is 0.533. The van der Waals surface area contributed by atoms with E-state index in [1.54, 1.807) is 0 Å². The molecule has 12 heteroatoms. The number of carbonyl (C=O) groups is 1. The number of nitrogens with one attached hydrogen (secondary N) is 1. The van der Waals surface area contributed by atoms with Crippen molar-refractivity contribution in [2.75, 3.05) is 18.1 Å². The van der Waals surface area contributed by atoms with Crippen LogP contribution in [0.1, 0.15) is 30.4 Å². The third kappa shape index (κ3) is 5.34. The molecule has 1 amide bonds. The first-order valence-corrected chi connectivity index (χ1v) is 9.61. The average molecular weight is 418 g/mol. The molecule has 27 heavy (non-hydrogen) atoms. The van der Waals surface area contributed by atoms with Gasteiger partial charge >= 0.3 is 12.4 Å². The van der Waals surface area contributed by atoms with E-state index in [0.717, 1.165) is 10.6 Å². The van der Waals surface area contributed by atoms with Crippen molar-refractivity contribution in [1.82, 2.24) is 4.31 Å². The summed E-state index contributed by atoms with van der Waals surface area (Å²) in [6.45, 7) is 0.0489. The molecular formula is C15H16F6N2O3S. The summed E-state index contributed by atoms with van der Waals surface area (Å²) in [4.78, 5) is 12.4. The predicted octanol–water partition coefficient (Wildman–Crippen LogP) is 3.48. The number of amides is 1. The van der Waals surface area contributed by atoms with Crippen molar-refractivity contribution in [2.45, 2.75) is 37.7 Å². The van der Waals surface area contributed by atoms with Crippen molar-refractivity contribution in [3.63, 3.8) is 0 Å². The number of piperidine rings is 1. The Kier molecular flexibility index (Phi) is 5.81. The minimum absolute atomic E-state index is 0.0489. The van der Waals surface area contributed by atoms with Crippen LogP contribution in [-0.4, -0.2) is 37.5 Å². The Hall–Kier alpha value is -1.82. The molecule has 0 aliphatic carbocycles. The highest BCUT2D eigenvalue weighted by Crippen LogP contribution is 2.37. The van der Waals surface area contributed by atoms with Crippen molar-refractivity contribution in [3.8, 4) is 0 Å². The lowest BCUT2D eigenvalue weighted by atomic mass is 10.0. The number of hydrogen-bond donors (Lipinski definition) is 1. The molecule has 0 unspecified atom stereocenters. The summed E-state index contributed by atoms with van der Waals surface area (Å²) >= 11 is 0. The molecule has 0 bridgehead atoms. The summed E-state index contributed by atoms with van der Waals surface area (Å²) in [6.07, 6.45) is -8.11. The lowest BCUT2D eigenvalue weighted by molar-refractivity contribution is -0.143. The normalized spacial score (nSPS) is 19.7. The van der Waals surface area contributed by atoms with Crippen molar-refractivity contribution in [2.24, 2.45) is 0 Å². The first kappa shape index (κ1) is 21.5. The molecule has 5 nitrogen and oxygen atoms in total. The van der Waals surface area contributed by atoms with Crippen molar-refractivity contribution in [3.05, 3.63) is 29.3 Å². The monoisotopic (exact) mass is 418 g/mol. The number of sulfonamides is 1. The maximum Gasteiger partial charge on any atom is 0.416 e. The van der Waals surface area contributed by atoms with E-state index in [1.165, 1.54) is 0 Å². The van der Waals surface area contributed by atoms with Crippen LogP contribution < -0.4 is 5.32 Å². The number of nitrogens with zero attached hydrogens (tertiary/aromatic N) is 1. The molecule has 2 rings (SSSR count). The molecule has 1 aromatic rings. The Bertz CT molecular complexity index is 788. The van der Waals surface area contributed by atoms with Gasteiger partial charge in [-0.3, -0.25) is 4.79 Å². The zero-order valence-electron chi connectivity index (χ0n) is 14.0. The molecule has 0 radical (unpaired) electrons. The van der Waals surface area contributed by atoms with E-state index in [0.29, 0.717) is 25.0 Å². The van der Waals surface area contributed by atoms with Gasteiger partial charge in [0.15, 0.2) is 0 Å². The lowest BCUT2D eigenvalue weighted by Crippen LogP contribution is -2.49. The quantitative estimate of drug-likeness (QED) is 0.765. The van der Waals surface area contributed by atoms with Gasteiger partial charge < -0.3 is 5.32 Å². The minimum Gasteiger partial charge on any atom is -0.325 e. The Morgan fingerprint density at radius 2 is 1.56 bits per heavy atom. The molecule has 1 N–H and O–H groups in total. The third-order valence-electron chi connectivity index (χ3n) is 4.04. The number of benzene rings is 1. The number of rotatable bonds is 3. The maximum atomic E-state index is 12.9. The van der Waals surface area contributed by atoms with Gasteiger partial charge in [-0.25, -0.2) is 8.42 Å². The summed E-state index contributed by atoms with van der Waals surface area (Å²) in [5.41, 5.74) is -3.85. The zero-order valence-corrected chi connectivity index (χ0v) is 14.8. The van der Waals surface area contributed by atoms with Crippen molar-refractivity contribution >= 4 is 21.6 Å². The Labute approximate surface area is 151 Å². The lowest BCUT2D eigenvalue weighted by Gasteiger charge is -2.32. The molecule has 1 aliphatic heterocycles. The van der Waals surface area contributed by atoms with Gasteiger partial charge in [0.1, 0.15) is 6.04 Å². The molecule has 152 valence electrons. The van der Waals surface area contributed by atoms with Crippen LogP contribution in [-0.2, 0) is 27.2 Å². The molecular weight excluding hydrogens is 402 g/mol. The largest absolute Gasteiger partial charge is 0.416 e. The van der Waals surface area contributed by atoms with Crippen LogP contribution in [0.15, 0.2) is 18.2 Å². The van der Waals surface area contributed by atoms with E-state index in [9.17, 15) is 39.6 Å². The second kappa shape index (κ2) is 7.30. The minimum atomic E-state index is -5.05. The second-order valence-corrected chi connectivity index (χ2v) is 8.10. The van der Waals surface area contributed by atoms with E-state index >= 15 is 0 Å². The standard InChI is InChI=1S/C15H16F6N2O3S/c1-27(25,26)23-5-3-2-4-12(23)13(24)22-11-7-9(14(16,17)18)6-10(8-11)15(19,20)21/h6-8,12H,2-5H2,1H3,(H,22,24)/t12-/m1/s1. The van der Waals surface area contributed by atoms with Crippen molar-refractivity contribution in [1.29, 1.82) is 0 Å². The summed E-state index contributed by atoms with van der Waals surface area (Å²) in [5.74, 6) is -0.979. The topological polar surface area (TPSA) is 66.5 Å². The van der Waals surface area contributed by atoms with E-state index in [-0.39, 0.29) is 19.0 Å². The van der Waals surface area contributed by atoms with E-state index in [2.05, 4.69) is 0 Å². The van der Waals surface area contributed by atoms with Crippen LogP contribution in [0, 0.1) is 0 Å². The molecule has 0 saturated carbocycles. The Balaban J connectivity index is 2.36. The van der Waals surface area contributed by atoms with Gasteiger partial charge in [0.25, 0.3) is 0 Å². The van der Waals surface area contributed by atoms with Gasteiger partial charge in [0.05, 0.1) is 17.4 Å². The van der Waals surface area contributed by atoms with Crippen LogP contribution >= 0.6 is 0 Å². The number of anilines is 1. The first-order valence-electron chi connectivity index (χ1n) is 7.77. The number of halogens is 6. The van der Waals surface area contributed by atoms with Crippen LogP contribution in [0.2, 0.25) is 0 Å². The highest BCUT2D eigenvalue weighted by molar-refractivity contribution is 7.88. The second-order valence-electron chi connectivity index (χ2n) is 6.17. The number of carbonyl (C=O) groups excluding carboxylic acids is 1. The SMILES string of the molecule is CS(=O)(=O)N1CCCC[C@@H]1C(=O)Nc1cc(C(F)(F)F)cc(C(F)(F)F)c1. The smallest absolute Gasteiger partial charge is 0.325 e. The van der Waals surface area contributed by atoms with Gasteiger partial charge in [0.2, 0.25) is 15.9 Å². The average Bonchev–Trinajstić information content (AvgIpc) is 2.52. The molecule has 1 heterocycles. The molecule has 1 saturated heterocycles. The van der Waals surface area contributed by atoms with E-state index < -0.39 is 51.1 Å². The van der Waals surface area contributed by atoms with Crippen LogP contribution in [0.3, 0.4) is 0 Å². The molecule has 0 aromatic heterocycles. The van der Waals surface area contributed by atoms with Gasteiger partial charge in [-0.1, -0.05) is 6.42 Å². The Morgan fingerprint density at radius 3 is 2.00 bits per heavy atom. The highest BCUT2D eigenvalue weighted by atomic mass is 32.2. The number of hydrogen-bond acceptors (Lipinski definition) is 3. The predicted molar refractivity (Wildman–Crippen MR) is 84.3 cm³/mol. The van der Waals surface area contributed by atoms with Gasteiger partial charge in [-0.2, -0.15) is 30.6 Å². The molecule has 1 aliphatic rings. The van der Waals surface area contributed by atoms with E-state index in [1.807, 2.05) is 5.32 Å². The highest BCUT2D eigenvalue weighted by Gasteiger charge is 2.38. The Morgan fingerprint density at radius 1 is 1.04 bits per heavy atom. The van der Waals surface area contributed by atoms with Crippen LogP contribution in [0.25, 0.3) is 0 Å². The molecule has 0 spiro atoms. The summed E-state index contributed by atoms with van der Waals surface area (Å²) in [6, 6.07) is -0.502. The summed E-state index contributed by atoms with van der Waals surface area (Å²) < 4.78 is 102. The van der Waals surface area contributed by atoms with Gasteiger partial charge in [-0.05, 0) is 31.0 Å². The fourth-order valence-corrected chi connectivity index (χ4v) is 3.94. The summed E-state index contributed by atoms with van der Waals surface area (Å²) in [5, 5.41) is 1.99. The number of alkyl halides is 6. The fourth-order valence-electron chi connectivity index (χ4n) is 2.82. The molecule has 1 aromatic carbocycles. The molecule has 1 fully saturated rings. The van der Waals surface area contributed by atoms with Crippen LogP contribution in [0.4, 0.5) is 32.0 Å². The van der Waals surface area contributed by atoms with Gasteiger partial charge in [0, 0.05) is 12.2 Å². The summed E-state index contributed by atoms with van der Waals surface area (Å²) in [7, 11) is -3.76. The first-order chi connectivity index (χ1) is 12.2. The molecule has 1 atom stereocenters. The maximum absolute atomic E-state index is 12.9. The van der Waals surface area contributed by atoms with E-state index in [4.69, 9.17) is 0 Å². The third-order valence-corrected chi connectivity index (χ3v) is 5.33. The van der Waals surface area contributed by atoms with Gasteiger partial charge in [-0.15, -0.1) is 0 Å². The van der Waals surface area contributed by atoms with Crippen LogP contribution in [0.5, 0.6) is 0 Å². The zero-order chi connectivity index (χ0) is 20.6. The van der Waals surface area contributed by atoms with Crippen molar-refractivity contribution < 1.29 is 39.6 Å².